The van der Waals surface area contributed by atoms with Gasteiger partial charge in [-0.05, 0) is 12.8 Å². The highest BCUT2D eigenvalue weighted by atomic mass is 19.1. The molecule has 5 atom stereocenters. The average molecular weight is 345 g/mol. The lowest BCUT2D eigenvalue weighted by molar-refractivity contribution is -0.158. The quantitative estimate of drug-likeness (QED) is 0.560. The Morgan fingerprint density at radius 2 is 2.04 bits per heavy atom. The number of nitrogens with one attached hydrogen (secondary N) is 1. The standard InChI is InChI=1S/C15H20FNO7/c1-3-5-23-9-7-8-10(14(8,16)11(18)19)15(9,12(20)21)17-13(22)24-6-4-2/h4,8-10H,2-3,5-7H2,1H3,(H,17,22)(H,18,19)(H,20,21)/t8-,9-,10+,14-,15+/m1/s1. The van der Waals surface area contributed by atoms with Gasteiger partial charge in [0.05, 0.1) is 6.10 Å². The van der Waals surface area contributed by atoms with E-state index in [0.29, 0.717) is 6.42 Å². The number of hydrogen-bond acceptors (Lipinski definition) is 5. The molecule has 0 spiro atoms. The Bertz CT molecular complexity index is 568. The van der Waals surface area contributed by atoms with Gasteiger partial charge in [0, 0.05) is 18.4 Å². The molecule has 0 aliphatic heterocycles. The van der Waals surface area contributed by atoms with E-state index in [1.165, 1.54) is 6.08 Å². The first kappa shape index (κ1) is 18.2. The van der Waals surface area contributed by atoms with E-state index < -0.39 is 47.2 Å². The molecule has 2 aliphatic rings. The van der Waals surface area contributed by atoms with E-state index in [1.54, 1.807) is 6.92 Å². The van der Waals surface area contributed by atoms with Gasteiger partial charge in [0.25, 0.3) is 0 Å². The highest BCUT2D eigenvalue weighted by Gasteiger charge is 2.86. The predicted octanol–water partition coefficient (Wildman–Crippen LogP) is 0.960. The van der Waals surface area contributed by atoms with Crippen LogP contribution in [0.2, 0.25) is 0 Å². The van der Waals surface area contributed by atoms with Crippen LogP contribution in [0.1, 0.15) is 19.8 Å². The molecule has 0 aromatic rings. The minimum absolute atomic E-state index is 0.110. The lowest BCUT2D eigenvalue weighted by atomic mass is 9.86. The van der Waals surface area contributed by atoms with Crippen LogP contribution in [0, 0.1) is 11.8 Å². The summed E-state index contributed by atoms with van der Waals surface area (Å²) in [5.41, 5.74) is -4.89. The fourth-order valence-electron chi connectivity index (χ4n) is 3.57. The van der Waals surface area contributed by atoms with Gasteiger partial charge in [-0.15, -0.1) is 0 Å². The molecule has 2 fully saturated rings. The van der Waals surface area contributed by atoms with Crippen LogP contribution in [0.5, 0.6) is 0 Å². The third kappa shape index (κ3) is 2.52. The van der Waals surface area contributed by atoms with Crippen molar-refractivity contribution >= 4 is 18.0 Å². The molecular formula is C15H20FNO7. The normalized spacial score (nSPS) is 36.5. The van der Waals surface area contributed by atoms with E-state index in [-0.39, 0.29) is 19.6 Å². The Balaban J connectivity index is 2.33. The molecule has 0 unspecified atom stereocenters. The maximum absolute atomic E-state index is 14.7. The monoisotopic (exact) mass is 345 g/mol. The molecule has 3 N–H and O–H groups in total. The number of carbonyl (C=O) groups is 3. The van der Waals surface area contributed by atoms with Crippen LogP contribution < -0.4 is 5.32 Å². The lowest BCUT2D eigenvalue weighted by Crippen LogP contribution is -2.64. The number of rotatable bonds is 8. The van der Waals surface area contributed by atoms with Gasteiger partial charge in [0.1, 0.15) is 6.61 Å². The van der Waals surface area contributed by atoms with E-state index >= 15 is 0 Å². The van der Waals surface area contributed by atoms with Gasteiger partial charge in [0.15, 0.2) is 5.54 Å². The Labute approximate surface area is 137 Å². The molecule has 8 nitrogen and oxygen atoms in total. The van der Waals surface area contributed by atoms with E-state index in [1.807, 2.05) is 0 Å². The van der Waals surface area contributed by atoms with E-state index in [4.69, 9.17) is 14.6 Å². The van der Waals surface area contributed by atoms with Crippen LogP contribution in [-0.4, -0.2) is 58.8 Å². The molecule has 134 valence electrons. The number of aliphatic carboxylic acids is 2. The van der Waals surface area contributed by atoms with Crippen molar-refractivity contribution in [3.63, 3.8) is 0 Å². The Morgan fingerprint density at radius 1 is 1.38 bits per heavy atom. The first-order valence-corrected chi connectivity index (χ1v) is 7.59. The van der Waals surface area contributed by atoms with Gasteiger partial charge in [0.2, 0.25) is 5.67 Å². The average Bonchev–Trinajstić information content (AvgIpc) is 2.97. The van der Waals surface area contributed by atoms with Crippen LogP contribution in [0.15, 0.2) is 12.7 Å². The molecule has 2 saturated carbocycles. The second-order valence-electron chi connectivity index (χ2n) is 5.94. The number of amides is 1. The van der Waals surface area contributed by atoms with Crippen molar-refractivity contribution in [2.24, 2.45) is 11.8 Å². The van der Waals surface area contributed by atoms with Crippen LogP contribution >= 0.6 is 0 Å². The third-order valence-corrected chi connectivity index (χ3v) is 4.60. The summed E-state index contributed by atoms with van der Waals surface area (Å²) in [5.74, 6) is -5.74. The van der Waals surface area contributed by atoms with Gasteiger partial charge in [-0.25, -0.2) is 18.8 Å². The van der Waals surface area contributed by atoms with Gasteiger partial charge in [-0.1, -0.05) is 19.6 Å². The fraction of sp³-hybridized carbons (Fsp3) is 0.667. The molecule has 2 rings (SSSR count). The Morgan fingerprint density at radius 3 is 2.54 bits per heavy atom. The molecule has 0 heterocycles. The van der Waals surface area contributed by atoms with Crippen LogP contribution in [0.3, 0.4) is 0 Å². The van der Waals surface area contributed by atoms with Crippen molar-refractivity contribution in [1.82, 2.24) is 5.32 Å². The van der Waals surface area contributed by atoms with E-state index in [2.05, 4.69) is 11.9 Å². The summed E-state index contributed by atoms with van der Waals surface area (Å²) in [4.78, 5) is 35.0. The Hall–Kier alpha value is -2.16. The zero-order valence-electron chi connectivity index (χ0n) is 13.2. The second kappa shape index (κ2) is 6.39. The molecule has 0 bridgehead atoms. The summed E-state index contributed by atoms with van der Waals surface area (Å²) in [5, 5.41) is 20.9. The second-order valence-corrected chi connectivity index (χ2v) is 5.94. The molecule has 24 heavy (non-hydrogen) atoms. The topological polar surface area (TPSA) is 122 Å². The Kier molecular flexibility index (Phi) is 4.84. The van der Waals surface area contributed by atoms with Gasteiger partial charge in [-0.2, -0.15) is 0 Å². The van der Waals surface area contributed by atoms with Crippen molar-refractivity contribution in [3.8, 4) is 0 Å². The van der Waals surface area contributed by atoms with Gasteiger partial charge < -0.3 is 25.0 Å². The summed E-state index contributed by atoms with van der Waals surface area (Å²) in [7, 11) is 0. The largest absolute Gasteiger partial charge is 0.479 e. The van der Waals surface area contributed by atoms with Crippen molar-refractivity contribution < 1.29 is 38.5 Å². The van der Waals surface area contributed by atoms with Crippen molar-refractivity contribution in [3.05, 3.63) is 12.7 Å². The number of ether oxygens (including phenoxy) is 2. The van der Waals surface area contributed by atoms with E-state index in [9.17, 15) is 23.9 Å². The number of alkyl carbamates (subject to hydrolysis) is 1. The molecular weight excluding hydrogens is 325 g/mol. The van der Waals surface area contributed by atoms with Crippen LogP contribution in [-0.2, 0) is 19.1 Å². The number of carboxylic acid groups (broad SMARTS) is 2. The number of fused-ring (bicyclic) bond motifs is 1. The van der Waals surface area contributed by atoms with Crippen LogP contribution in [0.25, 0.3) is 0 Å². The van der Waals surface area contributed by atoms with Crippen molar-refractivity contribution in [1.29, 1.82) is 0 Å². The minimum atomic E-state index is -2.70. The summed E-state index contributed by atoms with van der Waals surface area (Å²) in [6, 6.07) is 0. The number of carboxylic acids is 2. The van der Waals surface area contributed by atoms with Crippen LogP contribution in [0.4, 0.5) is 9.18 Å². The molecule has 0 saturated heterocycles. The lowest BCUT2D eigenvalue weighted by Gasteiger charge is -2.35. The third-order valence-electron chi connectivity index (χ3n) is 4.60. The maximum Gasteiger partial charge on any atom is 0.408 e. The van der Waals surface area contributed by atoms with E-state index in [0.717, 1.165) is 0 Å². The molecule has 2 aliphatic carbocycles. The minimum Gasteiger partial charge on any atom is -0.479 e. The number of alkyl halides is 1. The summed E-state index contributed by atoms with van der Waals surface area (Å²) < 4.78 is 24.9. The molecule has 0 aromatic heterocycles. The SMILES string of the molecule is C=CCOC(=O)N[C@@]1(C(=O)O)[C@H](OCCC)C[C@@H]2[C@H]1[C@@]2(F)C(=O)O. The molecule has 0 radical (unpaired) electrons. The highest BCUT2D eigenvalue weighted by molar-refractivity contribution is 5.93. The molecule has 1 amide bonds. The smallest absolute Gasteiger partial charge is 0.408 e. The molecule has 9 heteroatoms. The first-order chi connectivity index (χ1) is 11.3. The summed E-state index contributed by atoms with van der Waals surface area (Å²) >= 11 is 0. The predicted molar refractivity (Wildman–Crippen MR) is 78.2 cm³/mol. The highest BCUT2D eigenvalue weighted by Crippen LogP contribution is 2.67. The summed E-state index contributed by atoms with van der Waals surface area (Å²) in [6.45, 7) is 5.20. The number of hydrogen-bond donors (Lipinski definition) is 3. The zero-order valence-corrected chi connectivity index (χ0v) is 13.2. The maximum atomic E-state index is 14.7. The fourth-order valence-corrected chi connectivity index (χ4v) is 3.57. The van der Waals surface area contributed by atoms with Crippen molar-refractivity contribution in [2.45, 2.75) is 37.1 Å². The van der Waals surface area contributed by atoms with Crippen molar-refractivity contribution in [2.75, 3.05) is 13.2 Å². The number of halogens is 1. The zero-order chi connectivity index (χ0) is 18.1. The molecule has 0 aromatic carbocycles. The number of carbonyl (C=O) groups excluding carboxylic acids is 1. The van der Waals surface area contributed by atoms with Gasteiger partial charge >= 0.3 is 18.0 Å². The summed E-state index contributed by atoms with van der Waals surface area (Å²) in [6.07, 6.45) is -0.375. The first-order valence-electron chi connectivity index (χ1n) is 7.59. The van der Waals surface area contributed by atoms with Gasteiger partial charge in [-0.3, -0.25) is 0 Å².